The molecule has 8 heteroatoms. The molecule has 1 aliphatic carbocycles. The van der Waals surface area contributed by atoms with Crippen molar-refractivity contribution in [2.75, 3.05) is 18.4 Å². The van der Waals surface area contributed by atoms with Gasteiger partial charge in [-0.15, -0.1) is 0 Å². The minimum atomic E-state index is -3.47. The van der Waals surface area contributed by atoms with Crippen LogP contribution in [0.5, 0.6) is 0 Å². The Hall–Kier alpha value is -2.32. The molecule has 136 valence electrons. The van der Waals surface area contributed by atoms with Crippen molar-refractivity contribution in [1.82, 2.24) is 14.3 Å². The highest BCUT2D eigenvalue weighted by Gasteiger charge is 2.27. The zero-order valence-corrected chi connectivity index (χ0v) is 15.1. The van der Waals surface area contributed by atoms with Gasteiger partial charge < -0.3 is 5.32 Å². The van der Waals surface area contributed by atoms with Crippen LogP contribution in [0.2, 0.25) is 0 Å². The summed E-state index contributed by atoms with van der Waals surface area (Å²) in [6, 6.07) is 6.07. The molecule has 0 unspecified atom stereocenters. The van der Waals surface area contributed by atoms with E-state index in [0.29, 0.717) is 24.5 Å². The largest absolute Gasteiger partial charge is 0.306 e. The number of hydrogen-bond donors (Lipinski definition) is 1. The smallest absolute Gasteiger partial charge is 0.256 e. The molecular formula is C18H20N4O3S. The number of amides is 1. The van der Waals surface area contributed by atoms with Crippen LogP contribution in [0.25, 0.3) is 0 Å². The Labute approximate surface area is 152 Å². The number of hydrogen-bond acceptors (Lipinski definition) is 5. The number of fused-ring (bicyclic) bond motifs is 1. The summed E-state index contributed by atoms with van der Waals surface area (Å²) in [6.45, 7) is 1.12. The van der Waals surface area contributed by atoms with Crippen molar-refractivity contribution < 1.29 is 13.2 Å². The number of sulfonamides is 1. The Kier molecular flexibility index (Phi) is 4.46. The number of nitrogens with zero attached hydrogens (tertiary/aromatic N) is 3. The number of benzene rings is 1. The standard InChI is InChI=1S/C18H20N4O3S/c23-18(21-17-15-4-3-5-16(15)19-12-20-17)13-6-8-14(9-7-13)26(24,25)22-10-1-2-11-22/h6-9,12H,1-5,10-11H2,(H,19,20,21,23). The first-order chi connectivity index (χ1) is 12.6. The van der Waals surface area contributed by atoms with Crippen LogP contribution in [0, 0.1) is 0 Å². The lowest BCUT2D eigenvalue weighted by Gasteiger charge is -2.15. The van der Waals surface area contributed by atoms with Crippen LogP contribution in [-0.2, 0) is 22.9 Å². The Morgan fingerprint density at radius 3 is 2.46 bits per heavy atom. The number of aromatic nitrogens is 2. The predicted molar refractivity (Wildman–Crippen MR) is 96.4 cm³/mol. The van der Waals surface area contributed by atoms with Crippen molar-refractivity contribution >= 4 is 21.7 Å². The van der Waals surface area contributed by atoms with Gasteiger partial charge in [0.1, 0.15) is 12.1 Å². The molecule has 1 amide bonds. The molecule has 0 bridgehead atoms. The molecule has 1 aliphatic heterocycles. The number of nitrogens with one attached hydrogen (secondary N) is 1. The van der Waals surface area contributed by atoms with E-state index in [1.807, 2.05) is 0 Å². The summed E-state index contributed by atoms with van der Waals surface area (Å²) < 4.78 is 26.6. The van der Waals surface area contributed by atoms with Crippen molar-refractivity contribution in [1.29, 1.82) is 0 Å². The third-order valence-corrected chi connectivity index (χ3v) is 6.84. The quantitative estimate of drug-likeness (QED) is 0.886. The molecule has 2 aliphatic rings. The van der Waals surface area contributed by atoms with Gasteiger partial charge >= 0.3 is 0 Å². The molecule has 2 heterocycles. The predicted octanol–water partition coefficient (Wildman–Crippen LogP) is 2.00. The van der Waals surface area contributed by atoms with Gasteiger partial charge in [-0.25, -0.2) is 18.4 Å². The van der Waals surface area contributed by atoms with E-state index < -0.39 is 10.0 Å². The summed E-state index contributed by atoms with van der Waals surface area (Å²) in [5, 5.41) is 2.82. The zero-order chi connectivity index (χ0) is 18.1. The van der Waals surface area contributed by atoms with Crippen LogP contribution >= 0.6 is 0 Å². The van der Waals surface area contributed by atoms with Crippen LogP contribution in [0.1, 0.15) is 40.9 Å². The first-order valence-corrected chi connectivity index (χ1v) is 10.2. The second-order valence-electron chi connectivity index (χ2n) is 6.59. The van der Waals surface area contributed by atoms with Crippen LogP contribution in [0.15, 0.2) is 35.5 Å². The lowest BCUT2D eigenvalue weighted by molar-refractivity contribution is 0.102. The van der Waals surface area contributed by atoms with Crippen molar-refractivity contribution in [3.8, 4) is 0 Å². The molecule has 26 heavy (non-hydrogen) atoms. The van der Waals surface area contributed by atoms with E-state index >= 15 is 0 Å². The highest BCUT2D eigenvalue weighted by atomic mass is 32.2. The molecule has 7 nitrogen and oxygen atoms in total. The van der Waals surface area contributed by atoms with Crippen molar-refractivity contribution in [3.05, 3.63) is 47.4 Å². The average Bonchev–Trinajstić information content (AvgIpc) is 3.34. The molecule has 0 atom stereocenters. The van der Waals surface area contributed by atoms with Gasteiger partial charge in [0.05, 0.1) is 4.90 Å². The first-order valence-electron chi connectivity index (χ1n) is 8.80. The Bertz CT molecular complexity index is 935. The maximum atomic E-state index is 12.5. The van der Waals surface area contributed by atoms with Gasteiger partial charge in [0.15, 0.2) is 0 Å². The minimum Gasteiger partial charge on any atom is -0.306 e. The van der Waals surface area contributed by atoms with Gasteiger partial charge in [-0.05, 0) is 56.4 Å². The lowest BCUT2D eigenvalue weighted by Crippen LogP contribution is -2.27. The second kappa shape index (κ2) is 6.77. The van der Waals surface area contributed by atoms with Crippen molar-refractivity contribution in [2.24, 2.45) is 0 Å². The van der Waals surface area contributed by atoms with Crippen LogP contribution in [0.3, 0.4) is 0 Å². The first kappa shape index (κ1) is 17.1. The van der Waals surface area contributed by atoms with Crippen LogP contribution < -0.4 is 5.32 Å². The molecule has 1 fully saturated rings. The Morgan fingerprint density at radius 1 is 1.00 bits per heavy atom. The van der Waals surface area contributed by atoms with E-state index in [1.54, 1.807) is 12.1 Å². The van der Waals surface area contributed by atoms with Crippen LogP contribution in [0.4, 0.5) is 5.82 Å². The summed E-state index contributed by atoms with van der Waals surface area (Å²) in [4.78, 5) is 21.1. The third-order valence-electron chi connectivity index (χ3n) is 4.93. The maximum Gasteiger partial charge on any atom is 0.256 e. The summed E-state index contributed by atoms with van der Waals surface area (Å²) in [6.07, 6.45) is 6.03. The SMILES string of the molecule is O=C(Nc1ncnc2c1CCC2)c1ccc(S(=O)(=O)N2CCCC2)cc1. The molecule has 1 N–H and O–H groups in total. The van der Waals surface area contributed by atoms with E-state index in [1.165, 1.54) is 22.8 Å². The monoisotopic (exact) mass is 372 g/mol. The third kappa shape index (κ3) is 3.10. The van der Waals surface area contributed by atoms with Gasteiger partial charge in [-0.1, -0.05) is 0 Å². The van der Waals surface area contributed by atoms with Gasteiger partial charge in [0, 0.05) is 29.9 Å². The highest BCUT2D eigenvalue weighted by molar-refractivity contribution is 7.89. The Balaban J connectivity index is 1.52. The number of rotatable bonds is 4. The summed E-state index contributed by atoms with van der Waals surface area (Å²) in [5.41, 5.74) is 2.38. The van der Waals surface area contributed by atoms with E-state index in [-0.39, 0.29) is 10.8 Å². The fourth-order valence-electron chi connectivity index (χ4n) is 3.50. The highest BCUT2D eigenvalue weighted by Crippen LogP contribution is 2.26. The topological polar surface area (TPSA) is 92.3 Å². The van der Waals surface area contributed by atoms with E-state index in [2.05, 4.69) is 15.3 Å². The number of aryl methyl sites for hydroxylation is 1. The fraction of sp³-hybridized carbons (Fsp3) is 0.389. The van der Waals surface area contributed by atoms with Gasteiger partial charge in [-0.3, -0.25) is 4.79 Å². The number of anilines is 1. The molecular weight excluding hydrogens is 352 g/mol. The molecule has 4 rings (SSSR count). The minimum absolute atomic E-state index is 0.221. The molecule has 0 saturated carbocycles. The summed E-state index contributed by atoms with van der Waals surface area (Å²) >= 11 is 0. The van der Waals surface area contributed by atoms with E-state index in [9.17, 15) is 13.2 Å². The van der Waals surface area contributed by atoms with E-state index in [4.69, 9.17) is 0 Å². The van der Waals surface area contributed by atoms with Crippen molar-refractivity contribution in [2.45, 2.75) is 37.0 Å². The average molecular weight is 372 g/mol. The lowest BCUT2D eigenvalue weighted by atomic mass is 10.2. The molecule has 0 spiro atoms. The molecule has 1 aromatic heterocycles. The molecule has 0 radical (unpaired) electrons. The van der Waals surface area contributed by atoms with Gasteiger partial charge in [0.2, 0.25) is 10.0 Å². The number of carbonyl (C=O) groups excluding carboxylic acids is 1. The van der Waals surface area contributed by atoms with E-state index in [0.717, 1.165) is 43.4 Å². The molecule has 1 aromatic carbocycles. The second-order valence-corrected chi connectivity index (χ2v) is 8.53. The molecule has 2 aromatic rings. The summed E-state index contributed by atoms with van der Waals surface area (Å²) in [5.74, 6) is 0.245. The number of carbonyl (C=O) groups is 1. The van der Waals surface area contributed by atoms with Crippen molar-refractivity contribution in [3.63, 3.8) is 0 Å². The van der Waals surface area contributed by atoms with Gasteiger partial charge in [0.25, 0.3) is 5.91 Å². The van der Waals surface area contributed by atoms with Gasteiger partial charge in [-0.2, -0.15) is 4.31 Å². The van der Waals surface area contributed by atoms with Crippen LogP contribution in [-0.4, -0.2) is 41.7 Å². The normalized spacial score (nSPS) is 17.2. The zero-order valence-electron chi connectivity index (χ0n) is 14.3. The fourth-order valence-corrected chi connectivity index (χ4v) is 5.02. The Morgan fingerprint density at radius 2 is 1.73 bits per heavy atom. The molecule has 1 saturated heterocycles. The maximum absolute atomic E-state index is 12.5. The summed E-state index contributed by atoms with van der Waals surface area (Å²) in [7, 11) is -3.47.